The lowest BCUT2D eigenvalue weighted by molar-refractivity contribution is 0.173. The van der Waals surface area contributed by atoms with Crippen LogP contribution in [0.2, 0.25) is 0 Å². The van der Waals surface area contributed by atoms with Crippen LogP contribution in [0, 0.1) is 0 Å². The molecule has 2 aromatic rings. The third-order valence-corrected chi connectivity index (χ3v) is 5.65. The zero-order valence-corrected chi connectivity index (χ0v) is 15.1. The Bertz CT molecular complexity index is 921. The number of fused-ring (bicyclic) bond motifs is 6. The quantitative estimate of drug-likeness (QED) is 0.824. The molecule has 2 unspecified atom stereocenters. The lowest BCUT2D eigenvalue weighted by Crippen LogP contribution is -2.35. The first-order valence-electron chi connectivity index (χ1n) is 8.77. The molecule has 3 aliphatic rings. The lowest BCUT2D eigenvalue weighted by atomic mass is 9.75. The Morgan fingerprint density at radius 2 is 1.85 bits per heavy atom. The van der Waals surface area contributed by atoms with Crippen LogP contribution in [0.1, 0.15) is 34.2 Å². The molecule has 0 radical (unpaired) electrons. The van der Waals surface area contributed by atoms with Crippen LogP contribution in [-0.4, -0.2) is 33.0 Å². The Morgan fingerprint density at radius 1 is 1.04 bits per heavy atom. The molecule has 2 aromatic carbocycles. The second-order valence-electron chi connectivity index (χ2n) is 6.95. The molecule has 134 valence electrons. The van der Waals surface area contributed by atoms with Gasteiger partial charge in [0.2, 0.25) is 6.79 Å². The van der Waals surface area contributed by atoms with Gasteiger partial charge in [0.1, 0.15) is 0 Å². The number of rotatable bonds is 2. The van der Waals surface area contributed by atoms with Gasteiger partial charge in [0.15, 0.2) is 23.0 Å². The predicted molar refractivity (Wildman–Crippen MR) is 98.1 cm³/mol. The van der Waals surface area contributed by atoms with Gasteiger partial charge in [-0.1, -0.05) is 18.2 Å². The molecule has 26 heavy (non-hydrogen) atoms. The summed E-state index contributed by atoms with van der Waals surface area (Å²) in [6, 6.07) is 8.66. The largest absolute Gasteiger partial charge is 0.493 e. The molecule has 0 saturated heterocycles. The van der Waals surface area contributed by atoms with Crippen molar-refractivity contribution in [3.05, 3.63) is 52.6 Å². The molecule has 0 spiro atoms. The van der Waals surface area contributed by atoms with E-state index in [0.29, 0.717) is 6.79 Å². The first kappa shape index (κ1) is 15.6. The molecule has 0 fully saturated rings. The van der Waals surface area contributed by atoms with E-state index in [1.54, 1.807) is 14.2 Å². The molecule has 0 bridgehead atoms. The second kappa shape index (κ2) is 5.68. The van der Waals surface area contributed by atoms with Crippen molar-refractivity contribution in [3.8, 4) is 23.0 Å². The highest BCUT2D eigenvalue weighted by atomic mass is 16.7. The van der Waals surface area contributed by atoms with E-state index >= 15 is 0 Å². The molecule has 1 aliphatic carbocycles. The summed E-state index contributed by atoms with van der Waals surface area (Å²) in [5.74, 6) is 3.54. The monoisotopic (exact) mass is 351 g/mol. The van der Waals surface area contributed by atoms with Crippen molar-refractivity contribution in [2.75, 3.05) is 28.1 Å². The van der Waals surface area contributed by atoms with Gasteiger partial charge in [-0.3, -0.25) is 4.90 Å². The van der Waals surface area contributed by atoms with Crippen LogP contribution in [0.5, 0.6) is 23.0 Å². The van der Waals surface area contributed by atoms with Gasteiger partial charge in [0.05, 0.1) is 14.2 Å². The van der Waals surface area contributed by atoms with Gasteiger partial charge < -0.3 is 18.9 Å². The van der Waals surface area contributed by atoms with Crippen molar-refractivity contribution in [1.29, 1.82) is 0 Å². The van der Waals surface area contributed by atoms with E-state index in [1.165, 1.54) is 22.3 Å². The maximum absolute atomic E-state index is 5.68. The Kier molecular flexibility index (Phi) is 3.40. The minimum absolute atomic E-state index is 0.259. The van der Waals surface area contributed by atoms with Crippen LogP contribution in [0.4, 0.5) is 0 Å². The minimum atomic E-state index is 0.259. The summed E-state index contributed by atoms with van der Waals surface area (Å²) in [7, 11) is 5.54. The number of nitrogens with zero attached hydrogens (tertiary/aromatic N) is 1. The normalized spacial score (nSPS) is 22.4. The highest BCUT2D eigenvalue weighted by Crippen LogP contribution is 2.52. The van der Waals surface area contributed by atoms with E-state index in [-0.39, 0.29) is 12.0 Å². The SMILES string of the molecule is COc1ccc2c(c1OC)CN(C)C1c3cc4c(cc3C=CC21)OCO4. The fraction of sp³-hybridized carbons (Fsp3) is 0.333. The van der Waals surface area contributed by atoms with Gasteiger partial charge in [0.25, 0.3) is 0 Å². The summed E-state index contributed by atoms with van der Waals surface area (Å²) in [5.41, 5.74) is 4.98. The van der Waals surface area contributed by atoms with Crippen molar-refractivity contribution in [3.63, 3.8) is 0 Å². The molecular formula is C21H21NO4. The predicted octanol–water partition coefficient (Wildman–Crippen LogP) is 3.73. The molecule has 5 rings (SSSR count). The summed E-state index contributed by atoms with van der Waals surface area (Å²) < 4.78 is 22.3. The fourth-order valence-corrected chi connectivity index (χ4v) is 4.49. The highest BCUT2D eigenvalue weighted by molar-refractivity contribution is 5.67. The van der Waals surface area contributed by atoms with Gasteiger partial charge in [-0.15, -0.1) is 0 Å². The average Bonchev–Trinajstić information content (AvgIpc) is 3.12. The Hall–Kier alpha value is -2.66. The Morgan fingerprint density at radius 3 is 2.62 bits per heavy atom. The van der Waals surface area contributed by atoms with Crippen LogP contribution in [0.3, 0.4) is 0 Å². The van der Waals surface area contributed by atoms with Gasteiger partial charge in [-0.25, -0.2) is 0 Å². The molecule has 2 atom stereocenters. The molecule has 0 aromatic heterocycles. The van der Waals surface area contributed by atoms with E-state index in [2.05, 4.69) is 42.3 Å². The second-order valence-corrected chi connectivity index (χ2v) is 6.95. The molecular weight excluding hydrogens is 330 g/mol. The van der Waals surface area contributed by atoms with Crippen LogP contribution >= 0.6 is 0 Å². The number of likely N-dealkylation sites (N-methyl/N-ethyl adjacent to an activating group) is 1. The zero-order valence-electron chi connectivity index (χ0n) is 15.1. The van der Waals surface area contributed by atoms with E-state index in [4.69, 9.17) is 18.9 Å². The van der Waals surface area contributed by atoms with Gasteiger partial charge >= 0.3 is 0 Å². The summed E-state index contributed by atoms with van der Waals surface area (Å²) in [4.78, 5) is 2.37. The third-order valence-electron chi connectivity index (χ3n) is 5.65. The summed E-state index contributed by atoms with van der Waals surface area (Å²) in [5, 5.41) is 0. The van der Waals surface area contributed by atoms with Crippen molar-refractivity contribution >= 4 is 6.08 Å². The minimum Gasteiger partial charge on any atom is -0.493 e. The molecule has 0 amide bonds. The Balaban J connectivity index is 1.66. The third kappa shape index (κ3) is 2.07. The average molecular weight is 351 g/mol. The first-order valence-corrected chi connectivity index (χ1v) is 8.77. The first-order chi connectivity index (χ1) is 12.7. The van der Waals surface area contributed by atoms with Crippen molar-refractivity contribution in [2.24, 2.45) is 0 Å². The maximum atomic E-state index is 5.68. The standard InChI is InChI=1S/C21H21NO4/c1-22-10-16-13(6-7-17(23-2)21(16)24-3)14-5-4-12-8-18-19(26-11-25-18)9-15(12)20(14)22/h4-9,14,20H,10-11H2,1-3H3. The number of methoxy groups -OCH3 is 2. The highest BCUT2D eigenvalue weighted by Gasteiger charge is 2.38. The zero-order chi connectivity index (χ0) is 17.8. The van der Waals surface area contributed by atoms with E-state index in [0.717, 1.165) is 29.5 Å². The molecule has 2 heterocycles. The molecule has 5 heteroatoms. The van der Waals surface area contributed by atoms with Crippen molar-refractivity contribution in [2.45, 2.75) is 18.5 Å². The smallest absolute Gasteiger partial charge is 0.231 e. The molecule has 0 N–H and O–H groups in total. The number of hydrogen-bond donors (Lipinski definition) is 0. The summed E-state index contributed by atoms with van der Waals surface area (Å²) in [6.07, 6.45) is 4.48. The number of benzene rings is 2. The fourth-order valence-electron chi connectivity index (χ4n) is 4.49. The van der Waals surface area contributed by atoms with Crippen molar-refractivity contribution in [1.82, 2.24) is 4.90 Å². The topological polar surface area (TPSA) is 40.2 Å². The number of hydrogen-bond acceptors (Lipinski definition) is 5. The maximum Gasteiger partial charge on any atom is 0.231 e. The van der Waals surface area contributed by atoms with E-state index in [9.17, 15) is 0 Å². The van der Waals surface area contributed by atoms with Crippen LogP contribution in [0.15, 0.2) is 30.3 Å². The van der Waals surface area contributed by atoms with Crippen LogP contribution in [0.25, 0.3) is 6.08 Å². The van der Waals surface area contributed by atoms with Crippen LogP contribution in [-0.2, 0) is 6.54 Å². The summed E-state index contributed by atoms with van der Waals surface area (Å²) >= 11 is 0. The number of ether oxygens (including phenoxy) is 4. The molecule has 0 saturated carbocycles. The summed E-state index contributed by atoms with van der Waals surface area (Å²) in [6.45, 7) is 1.10. The lowest BCUT2D eigenvalue weighted by Gasteiger charge is -2.42. The Labute approximate surface area is 152 Å². The van der Waals surface area contributed by atoms with E-state index in [1.807, 2.05) is 6.07 Å². The molecule has 2 aliphatic heterocycles. The van der Waals surface area contributed by atoms with Gasteiger partial charge in [-0.05, 0) is 41.9 Å². The van der Waals surface area contributed by atoms with Gasteiger partial charge in [-0.2, -0.15) is 0 Å². The van der Waals surface area contributed by atoms with Crippen molar-refractivity contribution < 1.29 is 18.9 Å². The molecule has 5 nitrogen and oxygen atoms in total. The van der Waals surface area contributed by atoms with Gasteiger partial charge in [0, 0.05) is 24.1 Å². The van der Waals surface area contributed by atoms with Crippen LogP contribution < -0.4 is 18.9 Å². The van der Waals surface area contributed by atoms with E-state index < -0.39 is 0 Å².